The van der Waals surface area contributed by atoms with Gasteiger partial charge in [-0.25, -0.2) is 0 Å². The van der Waals surface area contributed by atoms with Crippen molar-refractivity contribution in [1.29, 1.82) is 0 Å². The van der Waals surface area contributed by atoms with Gasteiger partial charge in [0.2, 0.25) is 5.91 Å². The van der Waals surface area contributed by atoms with E-state index < -0.39 is 0 Å². The molecule has 2 heterocycles. The number of nitrogens with zero attached hydrogens (tertiary/aromatic N) is 2. The van der Waals surface area contributed by atoms with Crippen molar-refractivity contribution < 1.29 is 9.32 Å². The fourth-order valence-corrected chi connectivity index (χ4v) is 1.70. The van der Waals surface area contributed by atoms with Crippen LogP contribution in [-0.2, 0) is 11.2 Å². The molecule has 0 aromatic carbocycles. The zero-order valence-electron chi connectivity index (χ0n) is 10.9. The molecular weight excluding hydrogens is 232 g/mol. The number of anilines is 1. The van der Waals surface area contributed by atoms with Gasteiger partial charge in [0.1, 0.15) is 5.76 Å². The van der Waals surface area contributed by atoms with Gasteiger partial charge >= 0.3 is 0 Å². The second kappa shape index (κ2) is 4.64. The quantitative estimate of drug-likeness (QED) is 0.867. The van der Waals surface area contributed by atoms with Crippen LogP contribution in [0.4, 0.5) is 5.82 Å². The smallest absolute Gasteiger partial charge is 0.230 e. The van der Waals surface area contributed by atoms with Gasteiger partial charge in [-0.3, -0.25) is 9.89 Å². The van der Waals surface area contributed by atoms with E-state index in [0.29, 0.717) is 11.6 Å². The summed E-state index contributed by atoms with van der Waals surface area (Å²) in [5.41, 5.74) is 3.47. The maximum absolute atomic E-state index is 11.9. The summed E-state index contributed by atoms with van der Waals surface area (Å²) >= 11 is 0. The van der Waals surface area contributed by atoms with E-state index in [0.717, 1.165) is 22.5 Å². The first-order valence-corrected chi connectivity index (χ1v) is 5.72. The standard InChI is InChI=1S/C12H16N4O2/c1-6-7(2)14-15-12(6)13-11(17)5-10-8(3)16-18-9(10)4/h5H2,1-4H3,(H2,13,14,15,17). The topological polar surface area (TPSA) is 83.8 Å². The van der Waals surface area contributed by atoms with Gasteiger partial charge in [-0.2, -0.15) is 5.10 Å². The third-order valence-corrected chi connectivity index (χ3v) is 3.03. The van der Waals surface area contributed by atoms with Crippen molar-refractivity contribution >= 4 is 11.7 Å². The molecule has 0 saturated carbocycles. The molecule has 0 saturated heterocycles. The zero-order valence-corrected chi connectivity index (χ0v) is 10.9. The van der Waals surface area contributed by atoms with Gasteiger partial charge in [0.05, 0.1) is 12.1 Å². The zero-order chi connectivity index (χ0) is 13.3. The maximum atomic E-state index is 11.9. The van der Waals surface area contributed by atoms with E-state index in [1.54, 1.807) is 6.92 Å². The molecule has 6 nitrogen and oxygen atoms in total. The molecule has 0 aliphatic rings. The molecule has 2 aromatic heterocycles. The Balaban J connectivity index is 2.08. The van der Waals surface area contributed by atoms with E-state index >= 15 is 0 Å². The Kier molecular flexibility index (Phi) is 3.18. The van der Waals surface area contributed by atoms with Gasteiger partial charge in [0.25, 0.3) is 0 Å². The normalized spacial score (nSPS) is 10.7. The minimum atomic E-state index is -0.126. The summed E-state index contributed by atoms with van der Waals surface area (Å²) in [4.78, 5) is 11.9. The molecule has 0 aliphatic carbocycles. The summed E-state index contributed by atoms with van der Waals surface area (Å²) < 4.78 is 5.02. The first-order valence-electron chi connectivity index (χ1n) is 5.72. The number of hydrogen-bond acceptors (Lipinski definition) is 4. The van der Waals surface area contributed by atoms with Gasteiger partial charge in [0.15, 0.2) is 5.82 Å². The lowest BCUT2D eigenvalue weighted by Crippen LogP contribution is -2.16. The van der Waals surface area contributed by atoms with Crippen molar-refractivity contribution in [2.45, 2.75) is 34.1 Å². The van der Waals surface area contributed by atoms with Crippen molar-refractivity contribution in [3.8, 4) is 0 Å². The van der Waals surface area contributed by atoms with Crippen LogP contribution >= 0.6 is 0 Å². The number of hydrogen-bond donors (Lipinski definition) is 2. The number of aromatic amines is 1. The van der Waals surface area contributed by atoms with Gasteiger partial charge in [-0.1, -0.05) is 5.16 Å². The first kappa shape index (κ1) is 12.3. The van der Waals surface area contributed by atoms with Crippen LogP contribution in [0.15, 0.2) is 4.52 Å². The highest BCUT2D eigenvalue weighted by molar-refractivity contribution is 5.92. The van der Waals surface area contributed by atoms with Crippen molar-refractivity contribution in [1.82, 2.24) is 15.4 Å². The van der Waals surface area contributed by atoms with Crippen molar-refractivity contribution in [3.63, 3.8) is 0 Å². The summed E-state index contributed by atoms with van der Waals surface area (Å²) in [5, 5.41) is 13.5. The Labute approximate surface area is 105 Å². The van der Waals surface area contributed by atoms with E-state index in [1.807, 2.05) is 20.8 Å². The number of aryl methyl sites for hydroxylation is 3. The monoisotopic (exact) mass is 248 g/mol. The highest BCUT2D eigenvalue weighted by Crippen LogP contribution is 2.16. The van der Waals surface area contributed by atoms with Crippen molar-refractivity contribution in [3.05, 3.63) is 28.3 Å². The second-order valence-corrected chi connectivity index (χ2v) is 4.35. The second-order valence-electron chi connectivity index (χ2n) is 4.35. The Morgan fingerprint density at radius 1 is 1.33 bits per heavy atom. The molecule has 0 bridgehead atoms. The van der Waals surface area contributed by atoms with Gasteiger partial charge < -0.3 is 9.84 Å². The number of amides is 1. The number of aromatic nitrogens is 3. The molecule has 18 heavy (non-hydrogen) atoms. The number of nitrogens with one attached hydrogen (secondary N) is 2. The molecule has 0 unspecified atom stereocenters. The van der Waals surface area contributed by atoms with Crippen LogP contribution in [0, 0.1) is 27.7 Å². The van der Waals surface area contributed by atoms with E-state index in [1.165, 1.54) is 0 Å². The molecule has 0 fully saturated rings. The molecule has 0 radical (unpaired) electrons. The van der Waals surface area contributed by atoms with Crippen LogP contribution < -0.4 is 5.32 Å². The third kappa shape index (κ3) is 2.27. The highest BCUT2D eigenvalue weighted by Gasteiger charge is 2.15. The number of H-pyrrole nitrogens is 1. The largest absolute Gasteiger partial charge is 0.361 e. The maximum Gasteiger partial charge on any atom is 0.230 e. The molecule has 2 aromatic rings. The molecule has 0 atom stereocenters. The Bertz CT molecular complexity index is 563. The molecule has 96 valence electrons. The molecule has 6 heteroatoms. The van der Waals surface area contributed by atoms with Crippen LogP contribution in [0.1, 0.15) is 28.3 Å². The third-order valence-electron chi connectivity index (χ3n) is 3.03. The summed E-state index contributed by atoms with van der Waals surface area (Å²) in [5.74, 6) is 1.13. The fourth-order valence-electron chi connectivity index (χ4n) is 1.70. The summed E-state index contributed by atoms with van der Waals surface area (Å²) in [6, 6.07) is 0. The SMILES string of the molecule is Cc1noc(C)c1CC(=O)Nc1n[nH]c(C)c1C. The average Bonchev–Trinajstić information content (AvgIpc) is 2.79. The predicted molar refractivity (Wildman–Crippen MR) is 66.4 cm³/mol. The predicted octanol–water partition coefficient (Wildman–Crippen LogP) is 1.81. The van der Waals surface area contributed by atoms with E-state index in [-0.39, 0.29) is 12.3 Å². The van der Waals surface area contributed by atoms with Crippen molar-refractivity contribution in [2.75, 3.05) is 5.32 Å². The summed E-state index contributed by atoms with van der Waals surface area (Å²) in [7, 11) is 0. The summed E-state index contributed by atoms with van der Waals surface area (Å²) in [6.07, 6.45) is 0.243. The van der Waals surface area contributed by atoms with Crippen LogP contribution in [0.5, 0.6) is 0 Å². The van der Waals surface area contributed by atoms with E-state index in [4.69, 9.17) is 4.52 Å². The van der Waals surface area contributed by atoms with Crippen LogP contribution in [0.3, 0.4) is 0 Å². The lowest BCUT2D eigenvalue weighted by atomic mass is 10.1. The average molecular weight is 248 g/mol. The minimum absolute atomic E-state index is 0.126. The fraction of sp³-hybridized carbons (Fsp3) is 0.417. The van der Waals surface area contributed by atoms with Crippen LogP contribution in [0.25, 0.3) is 0 Å². The number of rotatable bonds is 3. The first-order chi connectivity index (χ1) is 8.49. The molecule has 2 rings (SSSR count). The van der Waals surface area contributed by atoms with Crippen LogP contribution in [0.2, 0.25) is 0 Å². The molecular formula is C12H16N4O2. The van der Waals surface area contributed by atoms with E-state index in [9.17, 15) is 4.79 Å². The van der Waals surface area contributed by atoms with Gasteiger partial charge in [0, 0.05) is 16.8 Å². The van der Waals surface area contributed by atoms with Gasteiger partial charge in [-0.05, 0) is 27.7 Å². The van der Waals surface area contributed by atoms with Crippen LogP contribution in [-0.4, -0.2) is 21.3 Å². The van der Waals surface area contributed by atoms with Gasteiger partial charge in [-0.15, -0.1) is 0 Å². The Morgan fingerprint density at radius 2 is 2.06 bits per heavy atom. The molecule has 0 spiro atoms. The number of carbonyl (C=O) groups is 1. The highest BCUT2D eigenvalue weighted by atomic mass is 16.5. The molecule has 0 aliphatic heterocycles. The van der Waals surface area contributed by atoms with E-state index in [2.05, 4.69) is 20.7 Å². The van der Waals surface area contributed by atoms with Crippen molar-refractivity contribution in [2.24, 2.45) is 0 Å². The Hall–Kier alpha value is -2.11. The molecule has 1 amide bonds. The molecule has 2 N–H and O–H groups in total. The minimum Gasteiger partial charge on any atom is -0.361 e. The lowest BCUT2D eigenvalue weighted by molar-refractivity contribution is -0.115. The number of carbonyl (C=O) groups excluding carboxylic acids is 1. The summed E-state index contributed by atoms with van der Waals surface area (Å²) in [6.45, 7) is 7.44. The lowest BCUT2D eigenvalue weighted by Gasteiger charge is -2.02. The Morgan fingerprint density at radius 3 is 2.56 bits per heavy atom.